The van der Waals surface area contributed by atoms with Crippen molar-refractivity contribution in [3.63, 3.8) is 0 Å². The van der Waals surface area contributed by atoms with Crippen LogP contribution in [-0.2, 0) is 7.05 Å². The van der Waals surface area contributed by atoms with Crippen molar-refractivity contribution in [1.29, 1.82) is 10.5 Å². The molecule has 0 spiro atoms. The average Bonchev–Trinajstić information content (AvgIpc) is 2.92. The minimum Gasteiger partial charge on any atom is -0.383 e. The van der Waals surface area contributed by atoms with Crippen LogP contribution in [0, 0.1) is 29.6 Å². The molecule has 0 aliphatic heterocycles. The van der Waals surface area contributed by atoms with E-state index in [0.29, 0.717) is 22.4 Å². The van der Waals surface area contributed by atoms with E-state index < -0.39 is 0 Å². The van der Waals surface area contributed by atoms with Crippen LogP contribution in [0.5, 0.6) is 0 Å². The number of nitrogen functional groups attached to an aromatic ring is 1. The van der Waals surface area contributed by atoms with Crippen LogP contribution < -0.4 is 5.73 Å². The lowest BCUT2D eigenvalue weighted by molar-refractivity contribution is 0.756. The Bertz CT molecular complexity index is 1020. The molecule has 24 heavy (non-hydrogen) atoms. The first-order valence-electron chi connectivity index (χ1n) is 7.25. The van der Waals surface area contributed by atoms with Gasteiger partial charge in [0.1, 0.15) is 17.5 Å². The maximum absolute atomic E-state index is 9.46. The molecule has 0 fully saturated rings. The first kappa shape index (κ1) is 15.3. The van der Waals surface area contributed by atoms with E-state index in [1.807, 2.05) is 32.3 Å². The summed E-state index contributed by atoms with van der Waals surface area (Å²) >= 11 is 0. The summed E-state index contributed by atoms with van der Waals surface area (Å²) in [5.74, 6) is 0.163. The number of benzene rings is 1. The molecular weight excluding hydrogens is 300 g/mol. The molecule has 0 atom stereocenters. The minimum atomic E-state index is 0.163. The van der Waals surface area contributed by atoms with E-state index in [9.17, 15) is 5.26 Å². The Kier molecular flexibility index (Phi) is 3.73. The Morgan fingerprint density at radius 1 is 1.12 bits per heavy atom. The van der Waals surface area contributed by atoms with Crippen LogP contribution in [0.3, 0.4) is 0 Å². The fraction of sp³-hybridized carbons (Fsp3) is 0.111. The molecule has 0 amide bonds. The Morgan fingerprint density at radius 3 is 2.54 bits per heavy atom. The van der Waals surface area contributed by atoms with Gasteiger partial charge in [-0.15, -0.1) is 0 Å². The Hall–Kier alpha value is -3.64. The van der Waals surface area contributed by atoms with Crippen LogP contribution in [0.15, 0.2) is 36.5 Å². The summed E-state index contributed by atoms with van der Waals surface area (Å²) in [6.45, 7) is 1.89. The Balaban J connectivity index is 2.27. The summed E-state index contributed by atoms with van der Waals surface area (Å²) < 4.78 is 1.71. The van der Waals surface area contributed by atoms with Gasteiger partial charge < -0.3 is 5.73 Å². The van der Waals surface area contributed by atoms with Gasteiger partial charge in [0.25, 0.3) is 0 Å². The topological polar surface area (TPSA) is 104 Å². The summed E-state index contributed by atoms with van der Waals surface area (Å²) in [6, 6.07) is 13.1. The first-order valence-corrected chi connectivity index (χ1v) is 7.25. The van der Waals surface area contributed by atoms with Gasteiger partial charge in [-0.05, 0) is 30.7 Å². The van der Waals surface area contributed by atoms with Gasteiger partial charge in [0.05, 0.1) is 23.0 Å². The molecule has 0 bridgehead atoms. The highest BCUT2D eigenvalue weighted by Gasteiger charge is 2.16. The molecule has 6 nitrogen and oxygen atoms in total. The Labute approximate surface area is 139 Å². The molecule has 0 unspecified atom stereocenters. The average molecular weight is 314 g/mol. The molecule has 0 radical (unpaired) electrons. The van der Waals surface area contributed by atoms with E-state index in [2.05, 4.69) is 22.2 Å². The van der Waals surface area contributed by atoms with Crippen molar-refractivity contribution in [2.45, 2.75) is 6.92 Å². The van der Waals surface area contributed by atoms with E-state index in [0.717, 1.165) is 16.8 Å². The molecule has 2 N–H and O–H groups in total. The number of nitrogens with two attached hydrogens (primary N) is 1. The summed E-state index contributed by atoms with van der Waals surface area (Å²) in [7, 11) is 1.83. The zero-order chi connectivity index (χ0) is 17.3. The quantitative estimate of drug-likeness (QED) is 0.783. The number of nitriles is 2. The van der Waals surface area contributed by atoms with Crippen LogP contribution in [0.1, 0.15) is 16.8 Å². The van der Waals surface area contributed by atoms with Gasteiger partial charge in [-0.1, -0.05) is 12.1 Å². The van der Waals surface area contributed by atoms with Gasteiger partial charge in [0.2, 0.25) is 0 Å². The minimum absolute atomic E-state index is 0.163. The van der Waals surface area contributed by atoms with Gasteiger partial charge in [0.15, 0.2) is 0 Å². The second-order valence-corrected chi connectivity index (χ2v) is 5.42. The van der Waals surface area contributed by atoms with Crippen LogP contribution >= 0.6 is 0 Å². The molecule has 1 aromatic carbocycles. The predicted octanol–water partition coefficient (Wildman–Crippen LogP) is 2.78. The highest BCUT2D eigenvalue weighted by Crippen LogP contribution is 2.32. The highest BCUT2D eigenvalue weighted by atomic mass is 15.2. The van der Waals surface area contributed by atoms with Gasteiger partial charge in [-0.2, -0.15) is 15.6 Å². The van der Waals surface area contributed by atoms with Crippen molar-refractivity contribution >= 4 is 5.82 Å². The standard InChI is InChI=1S/C18H14N6/c1-11-16(10-24(2)23-11)17-7-14(15(9-20)18(21)22-17)13-5-3-4-12(6-13)8-19/h3-7,10H,1-2H3,(H2,21,22). The first-order chi connectivity index (χ1) is 11.5. The van der Waals surface area contributed by atoms with E-state index >= 15 is 0 Å². The number of aryl methyl sites for hydroxylation is 2. The van der Waals surface area contributed by atoms with Gasteiger partial charge >= 0.3 is 0 Å². The third-order valence-electron chi connectivity index (χ3n) is 3.75. The monoisotopic (exact) mass is 314 g/mol. The van der Waals surface area contributed by atoms with E-state index in [-0.39, 0.29) is 5.82 Å². The van der Waals surface area contributed by atoms with Crippen LogP contribution in [0.2, 0.25) is 0 Å². The largest absolute Gasteiger partial charge is 0.383 e. The van der Waals surface area contributed by atoms with Crippen LogP contribution in [-0.4, -0.2) is 14.8 Å². The van der Waals surface area contributed by atoms with E-state index in [4.69, 9.17) is 11.0 Å². The van der Waals surface area contributed by atoms with Gasteiger partial charge in [0, 0.05) is 24.4 Å². The third kappa shape index (κ3) is 2.57. The molecule has 3 aromatic rings. The zero-order valence-electron chi connectivity index (χ0n) is 13.3. The molecule has 0 saturated carbocycles. The number of pyridine rings is 1. The summed E-state index contributed by atoms with van der Waals surface area (Å²) in [4.78, 5) is 4.35. The maximum atomic E-state index is 9.46. The van der Waals surface area contributed by atoms with Crippen molar-refractivity contribution in [3.05, 3.63) is 53.3 Å². The fourth-order valence-corrected chi connectivity index (χ4v) is 2.66. The van der Waals surface area contributed by atoms with Crippen molar-refractivity contribution in [1.82, 2.24) is 14.8 Å². The van der Waals surface area contributed by atoms with Crippen molar-refractivity contribution in [3.8, 4) is 34.5 Å². The van der Waals surface area contributed by atoms with Crippen LogP contribution in [0.4, 0.5) is 5.82 Å². The molecule has 2 heterocycles. The second-order valence-electron chi connectivity index (χ2n) is 5.42. The smallest absolute Gasteiger partial charge is 0.142 e. The normalized spacial score (nSPS) is 10.2. The second kappa shape index (κ2) is 5.86. The molecule has 116 valence electrons. The molecule has 2 aromatic heterocycles. The van der Waals surface area contributed by atoms with E-state index in [1.165, 1.54) is 0 Å². The molecular formula is C18H14N6. The van der Waals surface area contributed by atoms with Crippen molar-refractivity contribution in [2.24, 2.45) is 7.05 Å². The van der Waals surface area contributed by atoms with Crippen molar-refractivity contribution in [2.75, 3.05) is 5.73 Å². The number of hydrogen-bond acceptors (Lipinski definition) is 5. The number of hydrogen-bond donors (Lipinski definition) is 1. The molecule has 0 aliphatic rings. The van der Waals surface area contributed by atoms with Crippen LogP contribution in [0.25, 0.3) is 22.4 Å². The maximum Gasteiger partial charge on any atom is 0.142 e. The number of anilines is 1. The lowest BCUT2D eigenvalue weighted by atomic mass is 9.97. The van der Waals surface area contributed by atoms with Gasteiger partial charge in [-0.3, -0.25) is 4.68 Å². The Morgan fingerprint density at radius 2 is 1.92 bits per heavy atom. The van der Waals surface area contributed by atoms with E-state index in [1.54, 1.807) is 22.9 Å². The SMILES string of the molecule is Cc1nn(C)cc1-c1cc(-c2cccc(C#N)c2)c(C#N)c(N)n1. The molecule has 6 heteroatoms. The highest BCUT2D eigenvalue weighted by molar-refractivity contribution is 5.80. The third-order valence-corrected chi connectivity index (χ3v) is 3.75. The predicted molar refractivity (Wildman–Crippen MR) is 90.5 cm³/mol. The lowest BCUT2D eigenvalue weighted by Gasteiger charge is -2.10. The number of nitrogens with zero attached hydrogens (tertiary/aromatic N) is 5. The lowest BCUT2D eigenvalue weighted by Crippen LogP contribution is -2.00. The number of rotatable bonds is 2. The molecule has 0 aliphatic carbocycles. The van der Waals surface area contributed by atoms with Gasteiger partial charge in [-0.25, -0.2) is 4.98 Å². The molecule has 0 saturated heterocycles. The fourth-order valence-electron chi connectivity index (χ4n) is 2.66. The number of aromatic nitrogens is 3. The zero-order valence-corrected chi connectivity index (χ0v) is 13.3. The summed E-state index contributed by atoms with van der Waals surface area (Å²) in [5, 5.41) is 22.9. The molecule has 3 rings (SSSR count). The summed E-state index contributed by atoms with van der Waals surface area (Å²) in [5.41, 5.74) is 10.6. The summed E-state index contributed by atoms with van der Waals surface area (Å²) in [6.07, 6.45) is 1.86. The van der Waals surface area contributed by atoms with Crippen molar-refractivity contribution < 1.29 is 0 Å².